The molecule has 2 aromatic rings. The summed E-state index contributed by atoms with van der Waals surface area (Å²) in [6.45, 7) is 0. The molecule has 0 aromatic heterocycles. The summed E-state index contributed by atoms with van der Waals surface area (Å²) in [6.07, 6.45) is 0.299. The van der Waals surface area contributed by atoms with E-state index in [0.717, 1.165) is 12.1 Å². The second kappa shape index (κ2) is 6.26. The summed E-state index contributed by atoms with van der Waals surface area (Å²) in [5.74, 6) is -1.86. The molecule has 0 radical (unpaired) electrons. The van der Waals surface area contributed by atoms with Gasteiger partial charge in [0.25, 0.3) is 0 Å². The Hall–Kier alpha value is -2.56. The summed E-state index contributed by atoms with van der Waals surface area (Å²) in [6, 6.07) is 9.73. The SMILES string of the molecule is CN(C=O)c1ccc(C(=O)Cc2c(F)cccc2F)cc1. The molecular formula is C16H13F2NO2. The number of anilines is 1. The van der Waals surface area contributed by atoms with Crippen LogP contribution in [-0.4, -0.2) is 19.2 Å². The van der Waals surface area contributed by atoms with E-state index in [0.29, 0.717) is 17.7 Å². The van der Waals surface area contributed by atoms with E-state index in [2.05, 4.69) is 0 Å². The molecule has 5 heteroatoms. The van der Waals surface area contributed by atoms with Gasteiger partial charge >= 0.3 is 0 Å². The van der Waals surface area contributed by atoms with Gasteiger partial charge in [0.05, 0.1) is 0 Å². The number of benzene rings is 2. The molecule has 0 N–H and O–H groups in total. The van der Waals surface area contributed by atoms with Crippen molar-refractivity contribution in [1.82, 2.24) is 0 Å². The monoisotopic (exact) mass is 289 g/mol. The maximum absolute atomic E-state index is 13.5. The Morgan fingerprint density at radius 3 is 2.19 bits per heavy atom. The normalized spacial score (nSPS) is 10.2. The highest BCUT2D eigenvalue weighted by atomic mass is 19.1. The highest BCUT2D eigenvalue weighted by Gasteiger charge is 2.14. The quantitative estimate of drug-likeness (QED) is 0.627. The number of amides is 1. The second-order valence-electron chi connectivity index (χ2n) is 4.56. The lowest BCUT2D eigenvalue weighted by Crippen LogP contribution is -2.14. The minimum Gasteiger partial charge on any atom is -0.318 e. The van der Waals surface area contributed by atoms with Crippen molar-refractivity contribution in [1.29, 1.82) is 0 Å². The lowest BCUT2D eigenvalue weighted by atomic mass is 10.0. The maximum atomic E-state index is 13.5. The van der Waals surface area contributed by atoms with Crippen LogP contribution in [0.4, 0.5) is 14.5 Å². The molecule has 2 rings (SSSR count). The van der Waals surface area contributed by atoms with E-state index in [1.807, 2.05) is 0 Å². The largest absolute Gasteiger partial charge is 0.318 e. The van der Waals surface area contributed by atoms with Gasteiger partial charge in [0.1, 0.15) is 11.6 Å². The minimum absolute atomic E-state index is 0.239. The van der Waals surface area contributed by atoms with Gasteiger partial charge < -0.3 is 4.90 Å². The van der Waals surface area contributed by atoms with Crippen LogP contribution in [0, 0.1) is 11.6 Å². The first-order valence-electron chi connectivity index (χ1n) is 6.27. The second-order valence-corrected chi connectivity index (χ2v) is 4.56. The molecule has 0 bridgehead atoms. The Labute approximate surface area is 120 Å². The van der Waals surface area contributed by atoms with E-state index in [4.69, 9.17) is 0 Å². The van der Waals surface area contributed by atoms with Gasteiger partial charge in [-0.25, -0.2) is 8.78 Å². The topological polar surface area (TPSA) is 37.4 Å². The third-order valence-electron chi connectivity index (χ3n) is 3.15. The van der Waals surface area contributed by atoms with E-state index < -0.39 is 11.6 Å². The number of Topliss-reactive ketones (excluding diaryl/α,β-unsaturated/α-hetero) is 1. The van der Waals surface area contributed by atoms with E-state index in [-0.39, 0.29) is 17.8 Å². The Morgan fingerprint density at radius 2 is 1.67 bits per heavy atom. The predicted octanol–water partition coefficient (Wildman–Crippen LogP) is 2.98. The van der Waals surface area contributed by atoms with Crippen LogP contribution in [0.15, 0.2) is 42.5 Å². The number of halogens is 2. The maximum Gasteiger partial charge on any atom is 0.213 e. The minimum atomic E-state index is -0.736. The standard InChI is InChI=1S/C16H13F2NO2/c1-19(10-20)12-7-5-11(6-8-12)16(21)9-13-14(17)3-2-4-15(13)18/h2-8,10H,9H2,1H3. The number of carbonyl (C=O) groups excluding carboxylic acids is 2. The molecule has 0 aliphatic rings. The van der Waals surface area contributed by atoms with Gasteiger partial charge in [-0.15, -0.1) is 0 Å². The summed E-state index contributed by atoms with van der Waals surface area (Å²) in [4.78, 5) is 24.0. The van der Waals surface area contributed by atoms with Crippen molar-refractivity contribution in [3.8, 4) is 0 Å². The fourth-order valence-corrected chi connectivity index (χ4v) is 1.91. The van der Waals surface area contributed by atoms with Crippen LogP contribution in [0.25, 0.3) is 0 Å². The van der Waals surface area contributed by atoms with Gasteiger partial charge in [0, 0.05) is 30.3 Å². The van der Waals surface area contributed by atoms with Crippen molar-refractivity contribution in [3.63, 3.8) is 0 Å². The Balaban J connectivity index is 2.19. The van der Waals surface area contributed by atoms with Gasteiger partial charge in [-0.3, -0.25) is 9.59 Å². The lowest BCUT2D eigenvalue weighted by Gasteiger charge is -2.11. The molecular weight excluding hydrogens is 276 g/mol. The summed E-state index contributed by atoms with van der Waals surface area (Å²) < 4.78 is 27.0. The number of ketones is 1. The Morgan fingerprint density at radius 1 is 1.10 bits per heavy atom. The van der Waals surface area contributed by atoms with Gasteiger partial charge in [-0.1, -0.05) is 6.07 Å². The molecule has 0 atom stereocenters. The van der Waals surface area contributed by atoms with Crippen molar-refractivity contribution < 1.29 is 18.4 Å². The molecule has 0 heterocycles. The number of hydrogen-bond acceptors (Lipinski definition) is 2. The summed E-state index contributed by atoms with van der Waals surface area (Å²) in [5.41, 5.74) is 0.718. The van der Waals surface area contributed by atoms with Crippen LogP contribution in [0.5, 0.6) is 0 Å². The number of hydrogen-bond donors (Lipinski definition) is 0. The summed E-state index contributed by atoms with van der Waals surface area (Å²) >= 11 is 0. The van der Waals surface area contributed by atoms with Crippen LogP contribution < -0.4 is 4.90 Å². The first kappa shape index (κ1) is 14.8. The van der Waals surface area contributed by atoms with Gasteiger partial charge in [0.15, 0.2) is 5.78 Å². The number of rotatable bonds is 5. The summed E-state index contributed by atoms with van der Waals surface area (Å²) in [7, 11) is 1.58. The molecule has 0 saturated heterocycles. The summed E-state index contributed by atoms with van der Waals surface area (Å²) in [5, 5.41) is 0. The predicted molar refractivity (Wildman–Crippen MR) is 75.3 cm³/mol. The molecule has 0 fully saturated rings. The first-order chi connectivity index (χ1) is 10.0. The third kappa shape index (κ3) is 3.31. The molecule has 21 heavy (non-hydrogen) atoms. The van der Waals surface area contributed by atoms with Crippen LogP contribution >= 0.6 is 0 Å². The average Bonchev–Trinajstić information content (AvgIpc) is 2.50. The van der Waals surface area contributed by atoms with Crippen molar-refractivity contribution in [2.24, 2.45) is 0 Å². The third-order valence-corrected chi connectivity index (χ3v) is 3.15. The zero-order valence-electron chi connectivity index (χ0n) is 11.3. The highest BCUT2D eigenvalue weighted by Crippen LogP contribution is 2.17. The van der Waals surface area contributed by atoms with Crippen molar-refractivity contribution in [2.75, 3.05) is 11.9 Å². The zero-order chi connectivity index (χ0) is 15.4. The van der Waals surface area contributed by atoms with Crippen molar-refractivity contribution in [2.45, 2.75) is 6.42 Å². The Bertz CT molecular complexity index is 648. The molecule has 2 aromatic carbocycles. The van der Waals surface area contributed by atoms with Crippen molar-refractivity contribution in [3.05, 3.63) is 65.2 Å². The van der Waals surface area contributed by atoms with E-state index in [1.54, 1.807) is 19.2 Å². The number of nitrogens with zero attached hydrogens (tertiary/aromatic N) is 1. The fourth-order valence-electron chi connectivity index (χ4n) is 1.91. The van der Waals surface area contributed by atoms with Crippen LogP contribution in [0.3, 0.4) is 0 Å². The molecule has 0 aliphatic carbocycles. The molecule has 0 saturated carbocycles. The van der Waals surface area contributed by atoms with Crippen LogP contribution in [0.2, 0.25) is 0 Å². The van der Waals surface area contributed by atoms with Gasteiger partial charge in [0.2, 0.25) is 6.41 Å². The van der Waals surface area contributed by atoms with E-state index in [9.17, 15) is 18.4 Å². The molecule has 3 nitrogen and oxygen atoms in total. The Kier molecular flexibility index (Phi) is 4.42. The number of carbonyl (C=O) groups is 2. The molecule has 0 unspecified atom stereocenters. The van der Waals surface area contributed by atoms with Crippen LogP contribution in [-0.2, 0) is 11.2 Å². The first-order valence-corrected chi connectivity index (χ1v) is 6.27. The molecule has 0 aliphatic heterocycles. The van der Waals surface area contributed by atoms with Gasteiger partial charge in [-0.2, -0.15) is 0 Å². The zero-order valence-corrected chi connectivity index (χ0v) is 11.3. The smallest absolute Gasteiger partial charge is 0.213 e. The average molecular weight is 289 g/mol. The van der Waals surface area contributed by atoms with Crippen LogP contribution in [0.1, 0.15) is 15.9 Å². The van der Waals surface area contributed by atoms with E-state index >= 15 is 0 Å². The molecule has 108 valence electrons. The highest BCUT2D eigenvalue weighted by molar-refractivity contribution is 5.98. The van der Waals surface area contributed by atoms with Gasteiger partial charge in [-0.05, 0) is 36.4 Å². The lowest BCUT2D eigenvalue weighted by molar-refractivity contribution is -0.107. The molecule has 1 amide bonds. The molecule has 0 spiro atoms. The fraction of sp³-hybridized carbons (Fsp3) is 0.125. The van der Waals surface area contributed by atoms with E-state index in [1.165, 1.54) is 23.1 Å². The van der Waals surface area contributed by atoms with Crippen molar-refractivity contribution >= 4 is 17.9 Å².